The molecule has 0 amide bonds. The molecule has 0 unspecified atom stereocenters. The van der Waals surface area contributed by atoms with Gasteiger partial charge in [0, 0.05) is 29.5 Å². The lowest BCUT2D eigenvalue weighted by atomic mass is 9.77. The Labute approximate surface area is 356 Å². The van der Waals surface area contributed by atoms with E-state index in [1.54, 1.807) is 32.5 Å². The van der Waals surface area contributed by atoms with E-state index in [-0.39, 0.29) is 0 Å². The van der Waals surface area contributed by atoms with E-state index in [0.29, 0.717) is 41.5 Å². The molecule has 60 heavy (non-hydrogen) atoms. The molecule has 302 valence electrons. The number of carbonyl (C=O) groups is 2. The van der Waals surface area contributed by atoms with Crippen molar-refractivity contribution in [2.24, 2.45) is 5.41 Å². The van der Waals surface area contributed by atoms with Crippen molar-refractivity contribution in [3.05, 3.63) is 177 Å². The van der Waals surface area contributed by atoms with Crippen LogP contribution in [0.5, 0.6) is 0 Å². The van der Waals surface area contributed by atoms with Gasteiger partial charge in [-0.3, -0.25) is 4.79 Å². The fourth-order valence-electron chi connectivity index (χ4n) is 7.54. The number of hydrogen-bond donors (Lipinski definition) is 0. The first-order valence-corrected chi connectivity index (χ1v) is 20.5. The van der Waals surface area contributed by atoms with Crippen LogP contribution < -0.4 is 0 Å². The Kier molecular flexibility index (Phi) is 11.1. The molecule has 5 aromatic carbocycles. The number of halogens is 1. The van der Waals surface area contributed by atoms with E-state index in [4.69, 9.17) is 29.3 Å². The second kappa shape index (κ2) is 16.5. The normalized spacial score (nSPS) is 11.8. The summed E-state index contributed by atoms with van der Waals surface area (Å²) in [5.74, 6) is 0.681. The first-order chi connectivity index (χ1) is 29.0. The highest BCUT2D eigenvalue weighted by molar-refractivity contribution is 9.10. The van der Waals surface area contributed by atoms with E-state index in [1.165, 1.54) is 0 Å². The third-order valence-corrected chi connectivity index (χ3v) is 11.2. The zero-order valence-electron chi connectivity index (χ0n) is 33.9. The molecule has 0 radical (unpaired) electrons. The minimum atomic E-state index is -0.929. The van der Waals surface area contributed by atoms with Crippen LogP contribution >= 0.6 is 15.9 Å². The number of esters is 2. The van der Waals surface area contributed by atoms with Crippen LogP contribution in [-0.2, 0) is 32.8 Å². The zero-order chi connectivity index (χ0) is 42.0. The van der Waals surface area contributed by atoms with Gasteiger partial charge in [0.2, 0.25) is 12.6 Å². The van der Waals surface area contributed by atoms with Gasteiger partial charge in [0.05, 0.1) is 15.6 Å². The molecular weight excluding hydrogens is 820 g/mol. The molecule has 0 atom stereocenters. The number of imidazole rings is 1. The third-order valence-electron chi connectivity index (χ3n) is 10.5. The fourth-order valence-corrected chi connectivity index (χ4v) is 8.15. The zero-order valence-corrected chi connectivity index (χ0v) is 35.5. The maximum atomic E-state index is 13.4. The summed E-state index contributed by atoms with van der Waals surface area (Å²) < 4.78 is 19.8. The lowest BCUT2D eigenvalue weighted by molar-refractivity contribution is -0.161. The molecule has 3 aromatic heterocycles. The molecule has 0 aliphatic carbocycles. The largest absolute Gasteiger partial charge is 0.455 e. The summed E-state index contributed by atoms with van der Waals surface area (Å²) >= 11 is 3.88. The Bertz CT molecular complexity index is 2710. The van der Waals surface area contributed by atoms with Crippen molar-refractivity contribution >= 4 is 38.8 Å². The topological polar surface area (TPSA) is 127 Å². The molecular formula is C48H43BrN6O5. The summed E-state index contributed by atoms with van der Waals surface area (Å²) in [6.45, 7) is 8.81. The van der Waals surface area contributed by atoms with E-state index in [2.05, 4.69) is 57.3 Å². The van der Waals surface area contributed by atoms with Crippen LogP contribution in [-0.4, -0.2) is 48.5 Å². The average Bonchev–Trinajstić information content (AvgIpc) is 3.97. The first kappa shape index (κ1) is 40.1. The van der Waals surface area contributed by atoms with Crippen LogP contribution in [0.25, 0.3) is 33.7 Å². The molecule has 0 aliphatic heterocycles. The average molecular weight is 864 g/mol. The molecule has 8 aromatic rings. The molecule has 0 N–H and O–H groups in total. The Balaban J connectivity index is 1.15. The smallest absolute Gasteiger partial charge is 0.359 e. The van der Waals surface area contributed by atoms with Crippen LogP contribution in [0, 0.1) is 12.3 Å². The van der Waals surface area contributed by atoms with Crippen molar-refractivity contribution in [2.75, 3.05) is 6.79 Å². The van der Waals surface area contributed by atoms with E-state index >= 15 is 0 Å². The van der Waals surface area contributed by atoms with Crippen molar-refractivity contribution in [2.45, 2.75) is 53.1 Å². The minimum Gasteiger partial charge on any atom is -0.455 e. The van der Waals surface area contributed by atoms with Gasteiger partial charge >= 0.3 is 11.9 Å². The summed E-state index contributed by atoms with van der Waals surface area (Å²) in [5.41, 5.74) is 5.23. The number of rotatable bonds is 12. The predicted molar refractivity (Wildman–Crippen MR) is 232 cm³/mol. The number of aryl methyl sites for hydroxylation is 2. The van der Waals surface area contributed by atoms with Gasteiger partial charge in [0.25, 0.3) is 0 Å². The number of ether oxygens (including phenoxy) is 2. The van der Waals surface area contributed by atoms with Gasteiger partial charge in [-0.05, 0) is 83.2 Å². The van der Waals surface area contributed by atoms with Gasteiger partial charge in [-0.2, -0.15) is 0 Å². The number of tetrazole rings is 1. The van der Waals surface area contributed by atoms with Crippen molar-refractivity contribution in [3.8, 4) is 22.7 Å². The number of aromatic nitrogens is 6. The summed E-state index contributed by atoms with van der Waals surface area (Å²) in [4.78, 5) is 32.0. The molecule has 11 nitrogen and oxygen atoms in total. The number of nitrogens with zero attached hydrogens (tertiary/aromatic N) is 6. The molecule has 3 heterocycles. The quantitative estimate of drug-likeness (QED) is 0.0670. The van der Waals surface area contributed by atoms with Crippen LogP contribution in [0.4, 0.5) is 0 Å². The fraction of sp³-hybridized carbons (Fsp3) is 0.208. The van der Waals surface area contributed by atoms with Crippen molar-refractivity contribution in [1.29, 1.82) is 0 Å². The third kappa shape index (κ3) is 7.43. The Morgan fingerprint density at radius 3 is 1.93 bits per heavy atom. The van der Waals surface area contributed by atoms with Crippen LogP contribution in [0.2, 0.25) is 0 Å². The molecule has 0 fully saturated rings. The van der Waals surface area contributed by atoms with Crippen LogP contribution in [0.15, 0.2) is 142 Å². The molecule has 0 saturated heterocycles. The highest BCUT2D eigenvalue weighted by atomic mass is 79.9. The summed E-state index contributed by atoms with van der Waals surface area (Å²) in [6, 6.07) is 44.5. The molecule has 0 saturated carbocycles. The van der Waals surface area contributed by atoms with Crippen molar-refractivity contribution < 1.29 is 23.5 Å². The van der Waals surface area contributed by atoms with Crippen LogP contribution in [0.1, 0.15) is 72.0 Å². The number of fused-ring (bicyclic) bond motifs is 1. The summed E-state index contributed by atoms with van der Waals surface area (Å²) in [7, 11) is 0. The van der Waals surface area contributed by atoms with Gasteiger partial charge in [0.15, 0.2) is 11.2 Å². The van der Waals surface area contributed by atoms with Gasteiger partial charge in [-0.25, -0.2) is 9.78 Å². The van der Waals surface area contributed by atoms with E-state index in [1.807, 2.05) is 109 Å². The number of furan rings is 1. The van der Waals surface area contributed by atoms with Gasteiger partial charge in [-0.15, -0.1) is 15.0 Å². The molecule has 0 spiro atoms. The summed E-state index contributed by atoms with van der Waals surface area (Å²) in [6.07, 6.45) is 0.591. The second-order valence-corrected chi connectivity index (χ2v) is 16.3. The maximum absolute atomic E-state index is 13.4. The van der Waals surface area contributed by atoms with Gasteiger partial charge < -0.3 is 18.5 Å². The van der Waals surface area contributed by atoms with Crippen molar-refractivity contribution in [3.63, 3.8) is 0 Å². The van der Waals surface area contributed by atoms with E-state index in [0.717, 1.165) is 49.1 Å². The Morgan fingerprint density at radius 1 is 0.767 bits per heavy atom. The minimum absolute atomic E-state index is 0.302. The molecule has 0 bridgehead atoms. The SMILES string of the molecule is CCc1nc(C)c(C(=O)OCOC(=O)C(C)(C)C)n1Cc1ccc2oc(-c3ccccc3-c3nnn(C(c4ccccc4)(c4ccccc4)c4ccccc4)n3)c(Br)c2c1. The Morgan fingerprint density at radius 2 is 1.35 bits per heavy atom. The van der Waals surface area contributed by atoms with Gasteiger partial charge in [-0.1, -0.05) is 128 Å². The standard InChI is InChI=1S/C48H43BrN6O5/c1-6-40-50-31(2)42(45(56)58-30-59-46(57)47(3,4)5)54(40)29-32-26-27-39-38(28-32)41(49)43(60-39)36-24-16-17-25-37(36)44-51-53-55(52-44)48(33-18-10-7-11-19-33,34-20-12-8-13-21-34)35-22-14-9-15-23-35/h7-28H,6,29-30H2,1-5H3. The predicted octanol–water partition coefficient (Wildman–Crippen LogP) is 10.2. The summed E-state index contributed by atoms with van der Waals surface area (Å²) in [5, 5.41) is 15.5. The monoisotopic (exact) mass is 862 g/mol. The molecule has 12 heteroatoms. The lowest BCUT2D eigenvalue weighted by Crippen LogP contribution is -2.39. The number of benzene rings is 5. The van der Waals surface area contributed by atoms with Crippen molar-refractivity contribution in [1.82, 2.24) is 29.8 Å². The highest BCUT2D eigenvalue weighted by Crippen LogP contribution is 2.43. The van der Waals surface area contributed by atoms with E-state index < -0.39 is 29.7 Å². The number of hydrogen-bond acceptors (Lipinski definition) is 9. The Hall–Kier alpha value is -6.66. The lowest BCUT2D eigenvalue weighted by Gasteiger charge is -2.34. The van der Waals surface area contributed by atoms with E-state index in [9.17, 15) is 9.59 Å². The maximum Gasteiger partial charge on any atom is 0.359 e. The number of carbonyl (C=O) groups excluding carboxylic acids is 2. The second-order valence-electron chi connectivity index (χ2n) is 15.5. The molecule has 8 rings (SSSR count). The highest BCUT2D eigenvalue weighted by Gasteiger charge is 2.41. The first-order valence-electron chi connectivity index (χ1n) is 19.7. The van der Waals surface area contributed by atoms with Crippen LogP contribution in [0.3, 0.4) is 0 Å². The molecule has 0 aliphatic rings. The van der Waals surface area contributed by atoms with Gasteiger partial charge in [0.1, 0.15) is 17.2 Å².